The van der Waals surface area contributed by atoms with Gasteiger partial charge in [0.1, 0.15) is 0 Å². The Bertz CT molecular complexity index is 3060. The molecule has 0 unspecified atom stereocenters. The first-order valence-corrected chi connectivity index (χ1v) is 18.0. The van der Waals surface area contributed by atoms with Gasteiger partial charge in [0.05, 0.1) is 46.1 Å². The first-order valence-electron chi connectivity index (χ1n) is 18.0. The zero-order valence-corrected chi connectivity index (χ0v) is 29.1. The molecule has 54 heavy (non-hydrogen) atoms. The molecule has 8 aromatic carbocycles. The molecule has 0 aliphatic heterocycles. The summed E-state index contributed by atoms with van der Waals surface area (Å²) < 4.78 is 4.77. The molecule has 0 atom stereocenters. The highest BCUT2D eigenvalue weighted by Crippen LogP contribution is 2.45. The van der Waals surface area contributed by atoms with Crippen LogP contribution in [0.2, 0.25) is 0 Å². The van der Waals surface area contributed by atoms with Crippen LogP contribution in [0.3, 0.4) is 0 Å². The van der Waals surface area contributed by atoms with Crippen LogP contribution >= 0.6 is 0 Å². The van der Waals surface area contributed by atoms with Crippen molar-refractivity contribution in [2.24, 2.45) is 0 Å². The molecule has 0 saturated carbocycles. The van der Waals surface area contributed by atoms with E-state index in [1.54, 1.807) is 18.2 Å². The quantitative estimate of drug-likeness (QED) is 0.166. The molecule has 0 radical (unpaired) electrons. The summed E-state index contributed by atoms with van der Waals surface area (Å²) in [5.41, 5.74) is 13.3. The summed E-state index contributed by atoms with van der Waals surface area (Å²) in [5, 5.41) is 15.0. The number of nitrogens with zero attached hydrogens (tertiary/aromatic N) is 4. The summed E-state index contributed by atoms with van der Waals surface area (Å²) in [7, 11) is 0. The van der Waals surface area contributed by atoms with Crippen molar-refractivity contribution in [3.05, 3.63) is 199 Å². The molecule has 0 spiro atoms. The summed E-state index contributed by atoms with van der Waals surface area (Å²) in [6.45, 7) is 7.97. The minimum Gasteiger partial charge on any atom is -0.309 e. The van der Waals surface area contributed by atoms with Gasteiger partial charge in [0.25, 0.3) is 0 Å². The summed E-state index contributed by atoms with van der Waals surface area (Å²) in [5.74, 6) is 0. The number of benzene rings is 8. The van der Waals surface area contributed by atoms with Gasteiger partial charge in [0.2, 0.25) is 0 Å². The highest BCUT2D eigenvalue weighted by molar-refractivity contribution is 6.12. The van der Waals surface area contributed by atoms with E-state index in [0.29, 0.717) is 16.8 Å². The number of hydrogen-bond donors (Lipinski definition) is 0. The van der Waals surface area contributed by atoms with E-state index in [4.69, 9.17) is 6.57 Å². The van der Waals surface area contributed by atoms with E-state index in [9.17, 15) is 5.26 Å². The average Bonchev–Trinajstić information content (AvgIpc) is 3.76. The fraction of sp³-hybridized carbons (Fsp3) is 0. The lowest BCUT2D eigenvalue weighted by Gasteiger charge is -2.21. The summed E-state index contributed by atoms with van der Waals surface area (Å²) in [4.78, 5) is 3.83. The predicted octanol–water partition coefficient (Wildman–Crippen LogP) is 13.3. The van der Waals surface area contributed by atoms with Crippen molar-refractivity contribution < 1.29 is 0 Å². The highest BCUT2D eigenvalue weighted by Gasteiger charge is 2.22. The molecule has 10 rings (SSSR count). The van der Waals surface area contributed by atoms with Crippen LogP contribution in [0.4, 0.5) is 5.69 Å². The minimum absolute atomic E-state index is 0.457. The lowest BCUT2D eigenvalue weighted by molar-refractivity contribution is 1.17. The molecule has 4 heteroatoms. The molecule has 2 heterocycles. The number of hydrogen-bond acceptors (Lipinski definition) is 1. The zero-order valence-electron chi connectivity index (χ0n) is 29.1. The van der Waals surface area contributed by atoms with E-state index in [1.807, 2.05) is 12.1 Å². The first kappa shape index (κ1) is 31.1. The maximum Gasteiger partial charge on any atom is 0.196 e. The van der Waals surface area contributed by atoms with Crippen LogP contribution in [-0.2, 0) is 0 Å². The molecule has 2 aromatic heterocycles. The van der Waals surface area contributed by atoms with Gasteiger partial charge in [0, 0.05) is 43.8 Å². The van der Waals surface area contributed by atoms with Crippen LogP contribution in [-0.4, -0.2) is 9.13 Å². The smallest absolute Gasteiger partial charge is 0.196 e. The highest BCUT2D eigenvalue weighted by atomic mass is 15.0. The Labute approximate surface area is 312 Å². The molecule has 0 amide bonds. The third-order valence-corrected chi connectivity index (χ3v) is 10.6. The zero-order chi connectivity index (χ0) is 36.2. The van der Waals surface area contributed by atoms with Gasteiger partial charge in [0.15, 0.2) is 5.69 Å². The summed E-state index contributed by atoms with van der Waals surface area (Å²) in [6, 6.07) is 65.7. The van der Waals surface area contributed by atoms with Crippen molar-refractivity contribution in [2.75, 3.05) is 0 Å². The van der Waals surface area contributed by atoms with Crippen molar-refractivity contribution in [3.63, 3.8) is 0 Å². The normalized spacial score (nSPS) is 11.3. The fourth-order valence-corrected chi connectivity index (χ4v) is 8.37. The number of para-hydroxylation sites is 5. The Balaban J connectivity index is 1.33. The number of rotatable bonds is 5. The van der Waals surface area contributed by atoms with Crippen LogP contribution in [0.5, 0.6) is 0 Å². The van der Waals surface area contributed by atoms with Crippen molar-refractivity contribution >= 4 is 49.3 Å². The van der Waals surface area contributed by atoms with Crippen LogP contribution in [0.1, 0.15) is 5.56 Å². The number of nitriles is 1. The SMILES string of the molecule is [C-]#[N+]c1cccc(C#N)c1-c1cccc(-c2c(-c3ccccc3-n3c4ccccc4c4ccccc43)cccc2-n2c3ccccc3c3ccccc32)c1. The van der Waals surface area contributed by atoms with Gasteiger partial charge in [-0.25, -0.2) is 4.85 Å². The largest absolute Gasteiger partial charge is 0.309 e. The Morgan fingerprint density at radius 1 is 0.426 bits per heavy atom. The first-order chi connectivity index (χ1) is 26.7. The molecule has 4 nitrogen and oxygen atoms in total. The van der Waals surface area contributed by atoms with Gasteiger partial charge in [-0.05, 0) is 65.2 Å². The van der Waals surface area contributed by atoms with Gasteiger partial charge in [-0.15, -0.1) is 0 Å². The van der Waals surface area contributed by atoms with Crippen molar-refractivity contribution in [1.82, 2.24) is 9.13 Å². The molecule has 0 fully saturated rings. The van der Waals surface area contributed by atoms with E-state index in [2.05, 4.69) is 172 Å². The van der Waals surface area contributed by atoms with Crippen LogP contribution in [0.25, 0.3) is 93.2 Å². The van der Waals surface area contributed by atoms with Gasteiger partial charge in [-0.1, -0.05) is 133 Å². The van der Waals surface area contributed by atoms with E-state index in [-0.39, 0.29) is 0 Å². The maximum absolute atomic E-state index is 10.2. The second-order valence-corrected chi connectivity index (χ2v) is 13.5. The number of aromatic nitrogens is 2. The predicted molar refractivity (Wildman–Crippen MR) is 222 cm³/mol. The molecule has 250 valence electrons. The van der Waals surface area contributed by atoms with Gasteiger partial charge >= 0.3 is 0 Å². The van der Waals surface area contributed by atoms with Gasteiger partial charge in [-0.3, -0.25) is 0 Å². The van der Waals surface area contributed by atoms with Gasteiger partial charge in [-0.2, -0.15) is 5.26 Å². The maximum atomic E-state index is 10.2. The molecule has 0 N–H and O–H groups in total. The van der Waals surface area contributed by atoms with Gasteiger partial charge < -0.3 is 9.13 Å². The molecule has 0 aliphatic carbocycles. The molecule has 0 saturated heterocycles. The van der Waals surface area contributed by atoms with E-state index >= 15 is 0 Å². The molecular formula is C50H30N4. The second-order valence-electron chi connectivity index (χ2n) is 13.5. The standard InChI is InChI=1S/C50H30N4/c1-52-42-24-13-17-35(32-51)49(42)33-15-12-16-34(31-33)50-41(23-14-30-48(50)54-45-27-9-4-20-38(45)39-21-5-10-28-46(39)54)40-22-6-11-29-47(40)53-43-25-7-2-18-36(43)37-19-3-8-26-44(37)53/h2-31H. The molecule has 0 bridgehead atoms. The van der Waals surface area contributed by atoms with Crippen molar-refractivity contribution in [1.29, 1.82) is 5.26 Å². The Morgan fingerprint density at radius 2 is 0.870 bits per heavy atom. The fourth-order valence-electron chi connectivity index (χ4n) is 8.37. The minimum atomic E-state index is 0.457. The molecule has 10 aromatic rings. The second kappa shape index (κ2) is 12.5. The van der Waals surface area contributed by atoms with E-state index in [0.717, 1.165) is 61.3 Å². The molecular weight excluding hydrogens is 657 g/mol. The molecule has 0 aliphatic rings. The third-order valence-electron chi connectivity index (χ3n) is 10.6. The summed E-state index contributed by atoms with van der Waals surface area (Å²) in [6.07, 6.45) is 0. The van der Waals surface area contributed by atoms with Crippen LogP contribution in [0.15, 0.2) is 182 Å². The average molecular weight is 687 g/mol. The van der Waals surface area contributed by atoms with Crippen LogP contribution in [0, 0.1) is 17.9 Å². The monoisotopic (exact) mass is 686 g/mol. The third kappa shape index (κ3) is 4.68. The number of fused-ring (bicyclic) bond motifs is 6. The lowest BCUT2D eigenvalue weighted by atomic mass is 9.89. The lowest BCUT2D eigenvalue weighted by Crippen LogP contribution is -2.02. The Hall–Kier alpha value is -7.66. The Morgan fingerprint density at radius 3 is 1.44 bits per heavy atom. The van der Waals surface area contributed by atoms with E-state index in [1.165, 1.54) is 21.5 Å². The van der Waals surface area contributed by atoms with Crippen LogP contribution < -0.4 is 0 Å². The summed E-state index contributed by atoms with van der Waals surface area (Å²) >= 11 is 0. The topological polar surface area (TPSA) is 38.0 Å². The Kier molecular flexibility index (Phi) is 7.22. The van der Waals surface area contributed by atoms with Crippen molar-refractivity contribution in [2.45, 2.75) is 0 Å². The van der Waals surface area contributed by atoms with Crippen molar-refractivity contribution in [3.8, 4) is 50.8 Å². The van der Waals surface area contributed by atoms with E-state index < -0.39 is 0 Å².